The molecule has 0 spiro atoms. The van der Waals surface area contributed by atoms with E-state index in [-0.39, 0.29) is 24.2 Å². The van der Waals surface area contributed by atoms with Gasteiger partial charge in [-0.15, -0.1) is 11.3 Å². The summed E-state index contributed by atoms with van der Waals surface area (Å²) in [4.78, 5) is 13.9. The average Bonchev–Trinajstić information content (AvgIpc) is 3.28. The van der Waals surface area contributed by atoms with Gasteiger partial charge in [-0.05, 0) is 37.8 Å². The first-order chi connectivity index (χ1) is 13.0. The second kappa shape index (κ2) is 7.50. The first kappa shape index (κ1) is 18.9. The molecule has 146 valence electrons. The van der Waals surface area contributed by atoms with Crippen LogP contribution in [0.4, 0.5) is 10.2 Å². The first-order valence-electron chi connectivity index (χ1n) is 9.04. The number of carbonyl (C=O) groups is 1. The van der Waals surface area contributed by atoms with E-state index in [0.29, 0.717) is 55.5 Å². The van der Waals surface area contributed by atoms with Gasteiger partial charge >= 0.3 is 0 Å². The van der Waals surface area contributed by atoms with Gasteiger partial charge in [-0.3, -0.25) is 4.79 Å². The van der Waals surface area contributed by atoms with Crippen LogP contribution in [-0.4, -0.2) is 40.6 Å². The predicted molar refractivity (Wildman–Crippen MR) is 101 cm³/mol. The molecule has 3 heterocycles. The Kier molecular flexibility index (Phi) is 5.24. The lowest BCUT2D eigenvalue weighted by Crippen LogP contribution is -2.28. The molecule has 0 aromatic carbocycles. The number of halogens is 2. The number of thiophene rings is 1. The molecule has 1 saturated heterocycles. The van der Waals surface area contributed by atoms with E-state index >= 15 is 4.39 Å². The summed E-state index contributed by atoms with van der Waals surface area (Å²) in [6.45, 7) is 1.20. The predicted octanol–water partition coefficient (Wildman–Crippen LogP) is 3.66. The van der Waals surface area contributed by atoms with E-state index in [1.165, 1.54) is 11.3 Å². The maximum atomic E-state index is 15.2. The zero-order chi connectivity index (χ0) is 19.0. The van der Waals surface area contributed by atoms with Crippen molar-refractivity contribution in [1.82, 2.24) is 9.78 Å². The van der Waals surface area contributed by atoms with E-state index in [2.05, 4.69) is 10.4 Å². The molecule has 6 nitrogen and oxygen atoms in total. The highest BCUT2D eigenvalue weighted by Crippen LogP contribution is 2.47. The average molecular weight is 414 g/mol. The molecule has 0 unspecified atom stereocenters. The van der Waals surface area contributed by atoms with Gasteiger partial charge < -0.3 is 15.2 Å². The number of rotatable bonds is 6. The molecule has 2 aliphatic rings. The number of ether oxygens (including phenoxy) is 1. The van der Waals surface area contributed by atoms with E-state index in [4.69, 9.17) is 16.3 Å². The minimum atomic E-state index is -0.825. The second-order valence-corrected chi connectivity index (χ2v) is 8.95. The lowest BCUT2D eigenvalue weighted by atomic mass is 9.96. The van der Waals surface area contributed by atoms with Gasteiger partial charge in [-0.1, -0.05) is 11.6 Å². The van der Waals surface area contributed by atoms with Crippen LogP contribution in [0.1, 0.15) is 47.0 Å². The quantitative estimate of drug-likeness (QED) is 0.755. The Hall–Kier alpha value is -1.48. The smallest absolute Gasteiger partial charge is 0.257 e. The number of aliphatic hydroxyl groups is 1. The number of aromatic nitrogens is 2. The van der Waals surface area contributed by atoms with Gasteiger partial charge in [0.2, 0.25) is 0 Å². The van der Waals surface area contributed by atoms with E-state index in [1.807, 2.05) is 6.07 Å². The largest absolute Gasteiger partial charge is 0.395 e. The Morgan fingerprint density at radius 1 is 1.44 bits per heavy atom. The molecule has 1 saturated carbocycles. The van der Waals surface area contributed by atoms with Crippen molar-refractivity contribution in [2.75, 3.05) is 25.1 Å². The molecular weight excluding hydrogens is 393 g/mol. The Morgan fingerprint density at radius 2 is 2.19 bits per heavy atom. The fourth-order valence-electron chi connectivity index (χ4n) is 3.38. The van der Waals surface area contributed by atoms with E-state index in [1.54, 1.807) is 6.07 Å². The molecule has 0 atom stereocenters. The molecule has 1 aliphatic heterocycles. The molecule has 2 N–H and O–H groups in total. The third-order valence-corrected chi connectivity index (χ3v) is 6.55. The third-order valence-electron chi connectivity index (χ3n) is 5.32. The molecule has 2 aromatic rings. The van der Waals surface area contributed by atoms with Crippen molar-refractivity contribution in [2.24, 2.45) is 5.41 Å². The third kappa shape index (κ3) is 3.63. The van der Waals surface area contributed by atoms with E-state index < -0.39 is 11.2 Å². The number of hydrogen-bond donors (Lipinski definition) is 2. The summed E-state index contributed by atoms with van der Waals surface area (Å²) in [6, 6.07) is 3.64. The summed E-state index contributed by atoms with van der Waals surface area (Å²) < 4.78 is 22.4. The Balaban J connectivity index is 1.65. The fraction of sp³-hybridized carbons (Fsp3) is 0.556. The molecule has 2 fully saturated rings. The Morgan fingerprint density at radius 3 is 2.78 bits per heavy atom. The van der Waals surface area contributed by atoms with Crippen LogP contribution in [0.5, 0.6) is 0 Å². The van der Waals surface area contributed by atoms with Gasteiger partial charge in [0.15, 0.2) is 11.6 Å². The van der Waals surface area contributed by atoms with Crippen LogP contribution in [0, 0.1) is 11.2 Å². The monoisotopic (exact) mass is 413 g/mol. The first-order valence-corrected chi connectivity index (χ1v) is 10.2. The van der Waals surface area contributed by atoms with Crippen molar-refractivity contribution in [3.63, 3.8) is 0 Å². The molecule has 4 rings (SSSR count). The highest BCUT2D eigenvalue weighted by atomic mass is 35.5. The van der Waals surface area contributed by atoms with Crippen molar-refractivity contribution in [1.29, 1.82) is 0 Å². The van der Waals surface area contributed by atoms with Crippen LogP contribution in [0.25, 0.3) is 0 Å². The number of nitrogens with one attached hydrogen (secondary N) is 1. The number of anilines is 1. The van der Waals surface area contributed by atoms with Crippen LogP contribution in [-0.2, 0) is 11.3 Å². The van der Waals surface area contributed by atoms with E-state index in [9.17, 15) is 9.90 Å². The van der Waals surface area contributed by atoms with Gasteiger partial charge in [0.05, 0.1) is 22.9 Å². The van der Waals surface area contributed by atoms with Crippen molar-refractivity contribution in [3.8, 4) is 0 Å². The SMILES string of the molecule is O=C(n1nc(C2CCOCC2)c(F)c1NCc1ccc(Cl)s1)C1(CO)CC1. The van der Waals surface area contributed by atoms with Crippen LogP contribution in [0.15, 0.2) is 12.1 Å². The highest BCUT2D eigenvalue weighted by Gasteiger charge is 2.51. The summed E-state index contributed by atoms with van der Waals surface area (Å²) in [5, 5.41) is 17.0. The number of nitrogens with zero attached hydrogens (tertiary/aromatic N) is 2. The number of aliphatic hydroxyl groups excluding tert-OH is 1. The summed E-state index contributed by atoms with van der Waals surface area (Å²) in [5.74, 6) is -0.861. The molecule has 0 radical (unpaired) electrons. The van der Waals surface area contributed by atoms with Gasteiger partial charge in [0.25, 0.3) is 5.91 Å². The minimum absolute atomic E-state index is 0.0609. The minimum Gasteiger partial charge on any atom is -0.395 e. The standard InChI is InChI=1S/C18H21ClFN3O3S/c19-13-2-1-12(27-13)9-21-16-14(20)15(11-3-7-26-8-4-11)22-23(16)17(25)18(10-24)5-6-18/h1-2,11,21,24H,3-10H2. The van der Waals surface area contributed by atoms with Crippen molar-refractivity contribution >= 4 is 34.7 Å². The van der Waals surface area contributed by atoms with Gasteiger partial charge in [0, 0.05) is 24.0 Å². The summed E-state index contributed by atoms with van der Waals surface area (Å²) >= 11 is 7.35. The molecule has 1 aliphatic carbocycles. The topological polar surface area (TPSA) is 76.4 Å². The molecule has 27 heavy (non-hydrogen) atoms. The van der Waals surface area contributed by atoms with Crippen LogP contribution >= 0.6 is 22.9 Å². The number of hydrogen-bond acceptors (Lipinski definition) is 6. The molecule has 2 aromatic heterocycles. The zero-order valence-corrected chi connectivity index (χ0v) is 16.3. The van der Waals surface area contributed by atoms with Gasteiger partial charge in [-0.2, -0.15) is 9.78 Å². The second-order valence-electron chi connectivity index (χ2n) is 7.15. The lowest BCUT2D eigenvalue weighted by Gasteiger charge is -2.20. The van der Waals surface area contributed by atoms with Crippen LogP contribution < -0.4 is 5.32 Å². The fourth-order valence-corrected chi connectivity index (χ4v) is 4.41. The zero-order valence-electron chi connectivity index (χ0n) is 14.7. The van der Waals surface area contributed by atoms with Gasteiger partial charge in [-0.25, -0.2) is 4.39 Å². The summed E-state index contributed by atoms with van der Waals surface area (Å²) in [7, 11) is 0. The maximum Gasteiger partial charge on any atom is 0.257 e. The van der Waals surface area contributed by atoms with E-state index in [0.717, 1.165) is 9.56 Å². The van der Waals surface area contributed by atoms with Gasteiger partial charge in [0.1, 0.15) is 5.69 Å². The summed E-state index contributed by atoms with van der Waals surface area (Å²) in [5.41, 5.74) is -0.527. The maximum absolute atomic E-state index is 15.2. The van der Waals surface area contributed by atoms with Crippen LogP contribution in [0.2, 0.25) is 4.34 Å². The Labute approximate surface area is 165 Å². The van der Waals surface area contributed by atoms with Crippen molar-refractivity contribution in [3.05, 3.63) is 32.9 Å². The van der Waals surface area contributed by atoms with Crippen molar-refractivity contribution < 1.29 is 19.0 Å². The normalized spacial score (nSPS) is 19.2. The van der Waals surface area contributed by atoms with Crippen LogP contribution in [0.3, 0.4) is 0 Å². The molecule has 9 heteroatoms. The molecule has 0 bridgehead atoms. The Bertz CT molecular complexity index is 843. The summed E-state index contributed by atoms with van der Waals surface area (Å²) in [6.07, 6.45) is 2.53. The number of carbonyl (C=O) groups excluding carboxylic acids is 1. The molecular formula is C18H21ClFN3O3S. The van der Waals surface area contributed by atoms with Crippen molar-refractivity contribution in [2.45, 2.75) is 38.1 Å². The highest BCUT2D eigenvalue weighted by molar-refractivity contribution is 7.16. The molecule has 0 amide bonds. The lowest BCUT2D eigenvalue weighted by molar-refractivity contribution is 0.0720.